The Hall–Kier alpha value is -4.15. The average Bonchev–Trinajstić information content (AvgIpc) is 3.59. The number of anilines is 1. The standard InChI is InChI=1S/C38H42BrN3O5S/c1-3-47-34-20-18-33(19-21-34)42(48(45,46)35-22-16-28(2)17-23-35)27-37(43)41(26-30-12-9-13-31(39)24-30)36(25-29-10-5-4-6-11-29)38(44)40-32-14-7-8-15-32/h4-6,9-13,16-24,32,36H,3,7-8,14-15,25-27H2,1-2H3,(H,40,44). The fraction of sp³-hybridized carbons (Fsp3) is 0.316. The fourth-order valence-corrected chi connectivity index (χ4v) is 7.86. The second-order valence-electron chi connectivity index (χ2n) is 12.1. The molecule has 0 heterocycles. The van der Waals surface area contributed by atoms with Crippen LogP contribution in [0.2, 0.25) is 0 Å². The van der Waals surface area contributed by atoms with Gasteiger partial charge in [0, 0.05) is 23.5 Å². The van der Waals surface area contributed by atoms with Gasteiger partial charge >= 0.3 is 0 Å². The van der Waals surface area contributed by atoms with Gasteiger partial charge in [0.15, 0.2) is 0 Å². The van der Waals surface area contributed by atoms with E-state index in [1.54, 1.807) is 48.5 Å². The summed E-state index contributed by atoms with van der Waals surface area (Å²) in [6.07, 6.45) is 4.14. The highest BCUT2D eigenvalue weighted by molar-refractivity contribution is 9.10. The molecule has 1 unspecified atom stereocenters. The van der Waals surface area contributed by atoms with Crippen molar-refractivity contribution >= 4 is 43.5 Å². The number of ether oxygens (including phenoxy) is 1. The third-order valence-electron chi connectivity index (χ3n) is 8.54. The highest BCUT2D eigenvalue weighted by atomic mass is 79.9. The monoisotopic (exact) mass is 731 g/mol. The average molecular weight is 733 g/mol. The summed E-state index contributed by atoms with van der Waals surface area (Å²) in [7, 11) is -4.19. The Morgan fingerprint density at radius 2 is 1.56 bits per heavy atom. The number of nitrogens with one attached hydrogen (secondary N) is 1. The van der Waals surface area contributed by atoms with Crippen molar-refractivity contribution in [3.63, 3.8) is 0 Å². The summed E-state index contributed by atoms with van der Waals surface area (Å²) >= 11 is 3.53. The topological polar surface area (TPSA) is 96.0 Å². The van der Waals surface area contributed by atoms with E-state index in [-0.39, 0.29) is 29.8 Å². The molecule has 1 saturated carbocycles. The first-order valence-corrected chi connectivity index (χ1v) is 18.6. The Kier molecular flexibility index (Phi) is 11.9. The van der Waals surface area contributed by atoms with Gasteiger partial charge in [-0.05, 0) is 86.3 Å². The van der Waals surface area contributed by atoms with Gasteiger partial charge in [-0.2, -0.15) is 0 Å². The molecule has 5 rings (SSSR count). The summed E-state index contributed by atoms with van der Waals surface area (Å²) in [5.41, 5.74) is 2.92. The van der Waals surface area contributed by atoms with Crippen LogP contribution in [0.5, 0.6) is 5.75 Å². The molecular formula is C38H42BrN3O5S. The number of carbonyl (C=O) groups excluding carboxylic acids is 2. The maximum Gasteiger partial charge on any atom is 0.264 e. The number of hydrogen-bond acceptors (Lipinski definition) is 5. The molecule has 1 atom stereocenters. The molecule has 10 heteroatoms. The van der Waals surface area contributed by atoms with Gasteiger partial charge in [0.1, 0.15) is 18.3 Å². The third kappa shape index (κ3) is 9.05. The van der Waals surface area contributed by atoms with E-state index in [1.165, 1.54) is 4.90 Å². The number of nitrogens with zero attached hydrogens (tertiary/aromatic N) is 2. The van der Waals surface area contributed by atoms with Gasteiger partial charge in [-0.15, -0.1) is 0 Å². The van der Waals surface area contributed by atoms with Gasteiger partial charge < -0.3 is 15.0 Å². The van der Waals surface area contributed by atoms with Crippen molar-refractivity contribution in [2.45, 2.75) is 69.5 Å². The normalized spacial score (nSPS) is 13.9. The summed E-state index contributed by atoms with van der Waals surface area (Å²) in [5.74, 6) is -0.159. The largest absolute Gasteiger partial charge is 0.494 e. The number of amides is 2. The Labute approximate surface area is 292 Å². The van der Waals surface area contributed by atoms with E-state index in [0.717, 1.165) is 51.2 Å². The Morgan fingerprint density at radius 3 is 2.21 bits per heavy atom. The summed E-state index contributed by atoms with van der Waals surface area (Å²) < 4.78 is 36.1. The molecule has 4 aromatic carbocycles. The summed E-state index contributed by atoms with van der Waals surface area (Å²) in [4.78, 5) is 30.4. The Morgan fingerprint density at radius 1 is 0.896 bits per heavy atom. The van der Waals surface area contributed by atoms with E-state index >= 15 is 0 Å². The minimum Gasteiger partial charge on any atom is -0.494 e. The van der Waals surface area contributed by atoms with Crippen LogP contribution in [0.15, 0.2) is 112 Å². The zero-order valence-electron chi connectivity index (χ0n) is 27.3. The van der Waals surface area contributed by atoms with E-state index in [9.17, 15) is 18.0 Å². The lowest BCUT2D eigenvalue weighted by molar-refractivity contribution is -0.140. The second kappa shape index (κ2) is 16.3. The SMILES string of the molecule is CCOc1ccc(N(CC(=O)N(Cc2cccc(Br)c2)C(Cc2ccccc2)C(=O)NC2CCCC2)S(=O)(=O)c2ccc(C)cc2)cc1. The van der Waals surface area contributed by atoms with Crippen LogP contribution in [-0.2, 0) is 32.6 Å². The zero-order valence-corrected chi connectivity index (χ0v) is 29.8. The van der Waals surface area contributed by atoms with Crippen LogP contribution in [0.3, 0.4) is 0 Å². The molecule has 2 amide bonds. The van der Waals surface area contributed by atoms with Crippen LogP contribution in [0.25, 0.3) is 0 Å². The molecule has 1 fully saturated rings. The summed E-state index contributed by atoms with van der Waals surface area (Å²) in [5, 5.41) is 3.21. The van der Waals surface area contributed by atoms with Crippen LogP contribution in [0.4, 0.5) is 5.69 Å². The molecule has 0 spiro atoms. The summed E-state index contributed by atoms with van der Waals surface area (Å²) in [6.45, 7) is 3.80. The minimum absolute atomic E-state index is 0.0425. The van der Waals surface area contributed by atoms with Gasteiger partial charge in [0.2, 0.25) is 11.8 Å². The number of hydrogen-bond donors (Lipinski definition) is 1. The van der Waals surface area contributed by atoms with Gasteiger partial charge in [-0.25, -0.2) is 8.42 Å². The molecule has 252 valence electrons. The van der Waals surface area contributed by atoms with Gasteiger partial charge in [-0.3, -0.25) is 13.9 Å². The van der Waals surface area contributed by atoms with E-state index in [0.29, 0.717) is 18.0 Å². The maximum absolute atomic E-state index is 14.7. The summed E-state index contributed by atoms with van der Waals surface area (Å²) in [6, 6.07) is 29.5. The highest BCUT2D eigenvalue weighted by Gasteiger charge is 2.35. The lowest BCUT2D eigenvalue weighted by atomic mass is 10.0. The van der Waals surface area contributed by atoms with Crippen LogP contribution in [-0.4, -0.2) is 50.4 Å². The highest BCUT2D eigenvalue weighted by Crippen LogP contribution is 2.28. The van der Waals surface area contributed by atoms with Crippen LogP contribution >= 0.6 is 15.9 Å². The van der Waals surface area contributed by atoms with Crippen LogP contribution in [0.1, 0.15) is 49.3 Å². The number of aryl methyl sites for hydroxylation is 1. The van der Waals surface area contributed by atoms with Crippen molar-refractivity contribution in [3.05, 3.63) is 124 Å². The van der Waals surface area contributed by atoms with Gasteiger partial charge in [0.05, 0.1) is 17.2 Å². The second-order valence-corrected chi connectivity index (χ2v) is 14.9. The number of carbonyl (C=O) groups is 2. The van der Waals surface area contributed by atoms with Gasteiger partial charge in [-0.1, -0.05) is 88.9 Å². The van der Waals surface area contributed by atoms with Crippen molar-refractivity contribution in [2.24, 2.45) is 0 Å². The lowest BCUT2D eigenvalue weighted by Crippen LogP contribution is -2.54. The molecule has 48 heavy (non-hydrogen) atoms. The van der Waals surface area contributed by atoms with Crippen molar-refractivity contribution in [1.29, 1.82) is 0 Å². The molecular weight excluding hydrogens is 690 g/mol. The number of halogens is 1. The van der Waals surface area contributed by atoms with Crippen molar-refractivity contribution in [2.75, 3.05) is 17.5 Å². The zero-order chi connectivity index (χ0) is 34.1. The third-order valence-corrected chi connectivity index (χ3v) is 10.8. The first-order chi connectivity index (χ1) is 23.1. The predicted molar refractivity (Wildman–Crippen MR) is 192 cm³/mol. The fourth-order valence-electron chi connectivity index (χ4n) is 5.99. The van der Waals surface area contributed by atoms with E-state index in [1.807, 2.05) is 68.4 Å². The number of rotatable bonds is 14. The van der Waals surface area contributed by atoms with E-state index in [2.05, 4.69) is 21.2 Å². The maximum atomic E-state index is 14.7. The van der Waals surface area contributed by atoms with Crippen molar-refractivity contribution < 1.29 is 22.7 Å². The predicted octanol–water partition coefficient (Wildman–Crippen LogP) is 7.05. The first kappa shape index (κ1) is 35.2. The molecule has 1 aliphatic rings. The molecule has 1 aliphatic carbocycles. The number of sulfonamides is 1. The molecule has 4 aromatic rings. The molecule has 0 saturated heterocycles. The smallest absolute Gasteiger partial charge is 0.264 e. The van der Waals surface area contributed by atoms with Gasteiger partial charge in [0.25, 0.3) is 10.0 Å². The Balaban J connectivity index is 1.56. The lowest BCUT2D eigenvalue weighted by Gasteiger charge is -2.34. The molecule has 0 radical (unpaired) electrons. The first-order valence-electron chi connectivity index (χ1n) is 16.3. The molecule has 1 N–H and O–H groups in total. The minimum atomic E-state index is -4.19. The van der Waals surface area contributed by atoms with E-state index in [4.69, 9.17) is 4.74 Å². The molecule has 8 nitrogen and oxygen atoms in total. The molecule has 0 aromatic heterocycles. The van der Waals surface area contributed by atoms with Crippen LogP contribution in [0, 0.1) is 6.92 Å². The van der Waals surface area contributed by atoms with Crippen LogP contribution < -0.4 is 14.4 Å². The molecule has 0 aliphatic heterocycles. The quantitative estimate of drug-likeness (QED) is 0.150. The van der Waals surface area contributed by atoms with Crippen molar-refractivity contribution in [3.8, 4) is 5.75 Å². The molecule has 0 bridgehead atoms. The Bertz CT molecular complexity index is 1780. The van der Waals surface area contributed by atoms with Crippen molar-refractivity contribution in [1.82, 2.24) is 10.2 Å². The number of benzene rings is 4. The van der Waals surface area contributed by atoms with E-state index < -0.39 is 28.5 Å².